The van der Waals surface area contributed by atoms with Crippen molar-refractivity contribution in [3.63, 3.8) is 0 Å². The first kappa shape index (κ1) is 30.7. The number of carbonyl (C=O) groups is 1. The van der Waals surface area contributed by atoms with Crippen molar-refractivity contribution >= 4 is 21.7 Å². The molecule has 0 bridgehead atoms. The zero-order valence-corrected chi connectivity index (χ0v) is 25.7. The molecule has 1 N–H and O–H groups in total. The molecule has 5 heteroatoms. The van der Waals surface area contributed by atoms with Crippen LogP contribution in [0.3, 0.4) is 0 Å². The van der Waals surface area contributed by atoms with Crippen LogP contribution in [-0.4, -0.2) is 25.0 Å². The number of allylic oxidation sites excluding steroid dienone is 8. The Bertz CT molecular complexity index is 1250. The summed E-state index contributed by atoms with van der Waals surface area (Å²) in [4.78, 5) is 12.0. The second-order valence-corrected chi connectivity index (χ2v) is 11.0. The van der Waals surface area contributed by atoms with Crippen molar-refractivity contribution in [2.75, 3.05) is 13.2 Å². The third-order valence-electron chi connectivity index (χ3n) is 6.88. The van der Waals surface area contributed by atoms with Crippen LogP contribution in [0.15, 0.2) is 69.3 Å². The number of hydrogen-bond donors (Lipinski definition) is 1. The molecule has 2 aliphatic carbocycles. The van der Waals surface area contributed by atoms with E-state index in [9.17, 15) is 4.79 Å². The smallest absolute Gasteiger partial charge is 0.146 e. The highest BCUT2D eigenvalue weighted by Crippen LogP contribution is 2.35. The Balaban J connectivity index is 1.89. The van der Waals surface area contributed by atoms with Gasteiger partial charge in [0.25, 0.3) is 0 Å². The molecule has 0 spiro atoms. The number of aryl methyl sites for hydroxylation is 1. The van der Waals surface area contributed by atoms with Gasteiger partial charge in [0.2, 0.25) is 0 Å². The number of benzene rings is 1. The van der Waals surface area contributed by atoms with Gasteiger partial charge in [-0.25, -0.2) is 0 Å². The Morgan fingerprint density at radius 3 is 2.54 bits per heavy atom. The quantitative estimate of drug-likeness (QED) is 0.186. The topological polar surface area (TPSA) is 47.6 Å². The minimum atomic E-state index is -0.169. The predicted octanol–water partition coefficient (Wildman–Crippen LogP) is 8.08. The number of hydrogen-bond acceptors (Lipinski definition) is 4. The molecule has 208 valence electrons. The summed E-state index contributed by atoms with van der Waals surface area (Å²) in [5, 5.41) is 3.40. The van der Waals surface area contributed by atoms with Crippen molar-refractivity contribution in [2.45, 2.75) is 85.7 Å². The molecule has 39 heavy (non-hydrogen) atoms. The van der Waals surface area contributed by atoms with Crippen LogP contribution >= 0.6 is 15.9 Å². The highest BCUT2D eigenvalue weighted by molar-refractivity contribution is 9.12. The van der Waals surface area contributed by atoms with Crippen molar-refractivity contribution in [1.29, 1.82) is 0 Å². The summed E-state index contributed by atoms with van der Waals surface area (Å²) < 4.78 is 13.8. The highest BCUT2D eigenvalue weighted by Gasteiger charge is 2.18. The first-order valence-corrected chi connectivity index (χ1v) is 14.8. The summed E-state index contributed by atoms with van der Waals surface area (Å²) in [5.74, 6) is 8.29. The first-order chi connectivity index (χ1) is 18.8. The van der Waals surface area contributed by atoms with Crippen LogP contribution in [0.5, 0.6) is 11.5 Å². The van der Waals surface area contributed by atoms with Crippen molar-refractivity contribution in [3.05, 3.63) is 80.4 Å². The molecule has 0 heterocycles. The monoisotopic (exact) mass is 591 g/mol. The van der Waals surface area contributed by atoms with Crippen LogP contribution in [0.4, 0.5) is 0 Å². The van der Waals surface area contributed by atoms with E-state index in [4.69, 9.17) is 9.47 Å². The molecule has 2 aliphatic rings. The molecule has 0 saturated heterocycles. The number of halogens is 1. The number of nitrogens with one attached hydrogen (secondary N) is 1. The van der Waals surface area contributed by atoms with Crippen LogP contribution in [0.2, 0.25) is 0 Å². The number of ketones is 1. The van der Waals surface area contributed by atoms with E-state index in [0.717, 1.165) is 64.8 Å². The van der Waals surface area contributed by atoms with Crippen molar-refractivity contribution < 1.29 is 14.3 Å². The zero-order valence-electron chi connectivity index (χ0n) is 24.1. The van der Waals surface area contributed by atoms with Gasteiger partial charge in [0.05, 0.1) is 6.04 Å². The van der Waals surface area contributed by atoms with Gasteiger partial charge in [-0.2, -0.15) is 0 Å². The molecule has 0 fully saturated rings. The first-order valence-electron chi connectivity index (χ1n) is 14.0. The Hall–Kier alpha value is -2.81. The van der Waals surface area contributed by atoms with E-state index < -0.39 is 0 Å². The predicted molar refractivity (Wildman–Crippen MR) is 165 cm³/mol. The molecule has 0 amide bonds. The van der Waals surface area contributed by atoms with Crippen LogP contribution < -0.4 is 14.8 Å². The van der Waals surface area contributed by atoms with Gasteiger partial charge in [-0.05, 0) is 80.9 Å². The minimum absolute atomic E-state index is 0.147. The van der Waals surface area contributed by atoms with E-state index in [0.29, 0.717) is 26.2 Å². The van der Waals surface area contributed by atoms with Crippen LogP contribution in [0, 0.1) is 11.8 Å². The Labute approximate surface area is 243 Å². The fraction of sp³-hybridized carbons (Fsp3) is 0.441. The lowest BCUT2D eigenvalue weighted by atomic mass is 9.95. The van der Waals surface area contributed by atoms with Gasteiger partial charge in [0.1, 0.15) is 30.5 Å². The minimum Gasteiger partial charge on any atom is -0.489 e. The second kappa shape index (κ2) is 15.7. The molecular formula is C34H42BrNO3. The van der Waals surface area contributed by atoms with Crippen molar-refractivity contribution in [2.24, 2.45) is 0 Å². The van der Waals surface area contributed by atoms with E-state index in [1.165, 1.54) is 16.7 Å². The maximum absolute atomic E-state index is 12.0. The van der Waals surface area contributed by atoms with Gasteiger partial charge in [-0.15, -0.1) is 0 Å². The molecule has 1 atom stereocenters. The van der Waals surface area contributed by atoms with E-state index in [2.05, 4.69) is 90.3 Å². The molecule has 1 aromatic rings. The largest absolute Gasteiger partial charge is 0.489 e. The molecule has 0 radical (unpaired) electrons. The van der Waals surface area contributed by atoms with Crippen molar-refractivity contribution in [1.82, 2.24) is 5.32 Å². The lowest BCUT2D eigenvalue weighted by Gasteiger charge is -2.20. The summed E-state index contributed by atoms with van der Waals surface area (Å²) in [7, 11) is 0. The number of ether oxygens (including phenoxy) is 2. The van der Waals surface area contributed by atoms with Crippen LogP contribution in [-0.2, 0) is 17.8 Å². The number of Topliss-reactive ketones (excluding diaryl/α,β-unsaturated/α-hetero) is 1. The Morgan fingerprint density at radius 1 is 1.08 bits per heavy atom. The van der Waals surface area contributed by atoms with Gasteiger partial charge in [-0.3, -0.25) is 4.79 Å². The fourth-order valence-corrected chi connectivity index (χ4v) is 5.18. The van der Waals surface area contributed by atoms with E-state index in [-0.39, 0.29) is 11.8 Å². The molecule has 3 rings (SSSR count). The Morgan fingerprint density at radius 2 is 1.87 bits per heavy atom. The van der Waals surface area contributed by atoms with Gasteiger partial charge in [0, 0.05) is 35.5 Å². The Kier molecular flexibility index (Phi) is 12.4. The SMILES string of the molecule is CCc1cc(CN[C@@H](CC)C(C)=O)c(OCC=C(C)C)cc1OC/C1=C(Br)/C(C2=CCCC=C2)=C\CC#CC1. The average Bonchev–Trinajstić information content (AvgIpc) is 2.91. The maximum Gasteiger partial charge on any atom is 0.146 e. The molecule has 0 unspecified atom stereocenters. The number of rotatable bonds is 13. The van der Waals surface area contributed by atoms with Gasteiger partial charge >= 0.3 is 0 Å². The highest BCUT2D eigenvalue weighted by atomic mass is 79.9. The lowest BCUT2D eigenvalue weighted by molar-refractivity contribution is -0.119. The summed E-state index contributed by atoms with van der Waals surface area (Å²) in [6.45, 7) is 11.4. The summed E-state index contributed by atoms with van der Waals surface area (Å²) in [5.41, 5.74) is 6.90. The summed E-state index contributed by atoms with van der Waals surface area (Å²) in [6, 6.07) is 3.99. The van der Waals surface area contributed by atoms with E-state index >= 15 is 0 Å². The number of carbonyl (C=O) groups excluding carboxylic acids is 1. The second-order valence-electron chi connectivity index (χ2n) is 10.2. The van der Waals surface area contributed by atoms with Gasteiger partial charge < -0.3 is 14.8 Å². The molecular weight excluding hydrogens is 550 g/mol. The third-order valence-corrected chi connectivity index (χ3v) is 7.87. The molecule has 1 aromatic carbocycles. The molecule has 0 aliphatic heterocycles. The van der Waals surface area contributed by atoms with E-state index in [1.54, 1.807) is 6.92 Å². The molecule has 0 aromatic heterocycles. The summed E-state index contributed by atoms with van der Waals surface area (Å²) >= 11 is 3.90. The lowest BCUT2D eigenvalue weighted by Crippen LogP contribution is -2.34. The molecule has 0 saturated carbocycles. The normalized spacial score (nSPS) is 18.9. The van der Waals surface area contributed by atoms with Crippen molar-refractivity contribution in [3.8, 4) is 23.3 Å². The van der Waals surface area contributed by atoms with Gasteiger partial charge in [0.15, 0.2) is 0 Å². The fourth-order valence-electron chi connectivity index (χ4n) is 4.54. The maximum atomic E-state index is 12.0. The van der Waals surface area contributed by atoms with Crippen LogP contribution in [0.1, 0.15) is 77.8 Å². The van der Waals surface area contributed by atoms with Crippen LogP contribution in [0.25, 0.3) is 0 Å². The standard InChI is InChI=1S/C34H42BrNO3/c1-6-26-20-29(22-36-31(7-2)25(5)37)33(38-19-18-24(3)4)21-32(26)39-23-28-16-12-9-13-17-30(34(28)35)27-14-10-8-11-15-27/h10,14-15,17-18,20-21,31,36H,6-8,11,13,16,19,22-23H2,1-5H3/b30-17-,34-28-/t31-/m0/s1. The summed E-state index contributed by atoms with van der Waals surface area (Å²) in [6.07, 6.45) is 16.1. The molecule has 4 nitrogen and oxygen atoms in total. The average molecular weight is 593 g/mol. The third kappa shape index (κ3) is 9.12. The van der Waals surface area contributed by atoms with E-state index in [1.807, 2.05) is 13.0 Å². The van der Waals surface area contributed by atoms with Gasteiger partial charge in [-0.1, -0.05) is 71.5 Å². The zero-order chi connectivity index (χ0) is 28.2.